The van der Waals surface area contributed by atoms with Crippen molar-refractivity contribution in [2.75, 3.05) is 6.54 Å². The Balaban J connectivity index is 2.27. The van der Waals surface area contributed by atoms with Crippen molar-refractivity contribution in [2.24, 2.45) is 5.41 Å². The largest absolute Gasteiger partial charge is 0.314 e. The molecule has 0 saturated heterocycles. The van der Waals surface area contributed by atoms with Crippen LogP contribution < -0.4 is 5.32 Å². The fourth-order valence-corrected chi connectivity index (χ4v) is 2.11. The Morgan fingerprint density at radius 1 is 1.33 bits per heavy atom. The molecule has 1 nitrogen and oxygen atoms in total. The van der Waals surface area contributed by atoms with Crippen LogP contribution in [0.1, 0.15) is 52.9 Å². The van der Waals surface area contributed by atoms with E-state index in [9.17, 15) is 0 Å². The number of nitrogens with one attached hydrogen (secondary N) is 1. The van der Waals surface area contributed by atoms with Gasteiger partial charge in [0.1, 0.15) is 0 Å². The molecule has 1 atom stereocenters. The summed E-state index contributed by atoms with van der Waals surface area (Å²) >= 11 is 0. The Kier molecular flexibility index (Phi) is 3.57. The number of unbranched alkanes of at least 4 members (excludes halogenated alkanes) is 1. The van der Waals surface area contributed by atoms with Gasteiger partial charge in [-0.15, -0.1) is 0 Å². The van der Waals surface area contributed by atoms with E-state index in [1.165, 1.54) is 32.1 Å². The van der Waals surface area contributed by atoms with Gasteiger partial charge in [0.05, 0.1) is 0 Å². The third-order valence-electron chi connectivity index (χ3n) is 3.35. The highest BCUT2D eigenvalue weighted by molar-refractivity contribution is 4.99. The maximum absolute atomic E-state index is 3.56. The van der Waals surface area contributed by atoms with E-state index < -0.39 is 0 Å². The third-order valence-corrected chi connectivity index (χ3v) is 3.35. The predicted molar refractivity (Wildman–Crippen MR) is 54.3 cm³/mol. The lowest BCUT2D eigenvalue weighted by molar-refractivity contribution is 0.327. The smallest absolute Gasteiger partial charge is 0.00950 e. The average Bonchev–Trinajstić information content (AvgIpc) is 2.82. The van der Waals surface area contributed by atoms with Crippen molar-refractivity contribution in [1.29, 1.82) is 0 Å². The Labute approximate surface area is 76.9 Å². The minimum atomic E-state index is 0.700. The third kappa shape index (κ3) is 2.22. The van der Waals surface area contributed by atoms with Gasteiger partial charge in [0, 0.05) is 6.04 Å². The molecule has 0 aliphatic heterocycles. The van der Waals surface area contributed by atoms with E-state index in [-0.39, 0.29) is 0 Å². The van der Waals surface area contributed by atoms with Gasteiger partial charge in [-0.05, 0) is 38.1 Å². The molecule has 1 saturated carbocycles. The lowest BCUT2D eigenvalue weighted by Crippen LogP contribution is -2.34. The Morgan fingerprint density at radius 3 is 2.42 bits per heavy atom. The highest BCUT2D eigenvalue weighted by Crippen LogP contribution is 2.52. The van der Waals surface area contributed by atoms with Crippen molar-refractivity contribution in [3.05, 3.63) is 0 Å². The lowest BCUT2D eigenvalue weighted by Gasteiger charge is -2.23. The molecule has 0 aromatic heterocycles. The first-order chi connectivity index (χ1) is 5.75. The van der Waals surface area contributed by atoms with Gasteiger partial charge in [-0.25, -0.2) is 0 Å². The monoisotopic (exact) mass is 169 g/mol. The molecule has 0 spiro atoms. The second kappa shape index (κ2) is 4.27. The second-order valence-corrected chi connectivity index (χ2v) is 4.25. The summed E-state index contributed by atoms with van der Waals surface area (Å²) in [7, 11) is 0. The molecule has 12 heavy (non-hydrogen) atoms. The summed E-state index contributed by atoms with van der Waals surface area (Å²) in [5.74, 6) is 0. The first-order valence-electron chi connectivity index (χ1n) is 5.48. The van der Waals surface area contributed by atoms with Gasteiger partial charge in [-0.3, -0.25) is 0 Å². The maximum Gasteiger partial charge on any atom is 0.00950 e. The second-order valence-electron chi connectivity index (χ2n) is 4.25. The molecule has 1 aliphatic rings. The van der Waals surface area contributed by atoms with Crippen LogP contribution in [0.25, 0.3) is 0 Å². The molecule has 1 unspecified atom stereocenters. The minimum Gasteiger partial charge on any atom is -0.314 e. The zero-order chi connectivity index (χ0) is 9.03. The van der Waals surface area contributed by atoms with Gasteiger partial charge in [0.15, 0.2) is 0 Å². The molecule has 0 radical (unpaired) electrons. The lowest BCUT2D eigenvalue weighted by atomic mass is 9.91. The van der Waals surface area contributed by atoms with E-state index in [1.807, 2.05) is 0 Å². The van der Waals surface area contributed by atoms with Crippen LogP contribution in [0.2, 0.25) is 0 Å². The van der Waals surface area contributed by atoms with Gasteiger partial charge in [0.25, 0.3) is 0 Å². The van der Waals surface area contributed by atoms with Gasteiger partial charge in [-0.2, -0.15) is 0 Å². The van der Waals surface area contributed by atoms with Crippen LogP contribution >= 0.6 is 0 Å². The normalized spacial score (nSPS) is 22.2. The topological polar surface area (TPSA) is 12.0 Å². The summed E-state index contributed by atoms with van der Waals surface area (Å²) < 4.78 is 0. The van der Waals surface area contributed by atoms with E-state index >= 15 is 0 Å². The molecule has 1 fully saturated rings. The SMILES string of the molecule is CCCCC1(C(C)NCC)CC1. The van der Waals surface area contributed by atoms with Crippen LogP contribution in [0.5, 0.6) is 0 Å². The fourth-order valence-electron chi connectivity index (χ4n) is 2.11. The average molecular weight is 169 g/mol. The van der Waals surface area contributed by atoms with E-state index in [2.05, 4.69) is 26.1 Å². The molecule has 0 bridgehead atoms. The maximum atomic E-state index is 3.56. The Bertz CT molecular complexity index is 127. The van der Waals surface area contributed by atoms with E-state index in [0.717, 1.165) is 12.6 Å². The fraction of sp³-hybridized carbons (Fsp3) is 1.00. The van der Waals surface area contributed by atoms with Crippen LogP contribution in [0, 0.1) is 5.41 Å². The Hall–Kier alpha value is -0.0400. The van der Waals surface area contributed by atoms with Crippen molar-refractivity contribution in [3.8, 4) is 0 Å². The van der Waals surface area contributed by atoms with Crippen molar-refractivity contribution >= 4 is 0 Å². The molecule has 72 valence electrons. The summed E-state index contributed by atoms with van der Waals surface area (Å²) in [5.41, 5.74) is 0.700. The molecule has 0 aromatic carbocycles. The zero-order valence-corrected chi connectivity index (χ0v) is 8.82. The quantitative estimate of drug-likeness (QED) is 0.644. The van der Waals surface area contributed by atoms with E-state index in [4.69, 9.17) is 0 Å². The van der Waals surface area contributed by atoms with Crippen molar-refractivity contribution < 1.29 is 0 Å². The van der Waals surface area contributed by atoms with Crippen LogP contribution in [0.4, 0.5) is 0 Å². The molecular formula is C11H23N. The molecule has 1 rings (SSSR count). The van der Waals surface area contributed by atoms with Crippen LogP contribution in [-0.4, -0.2) is 12.6 Å². The molecule has 0 amide bonds. The van der Waals surface area contributed by atoms with Gasteiger partial charge in [0.2, 0.25) is 0 Å². The van der Waals surface area contributed by atoms with E-state index in [0.29, 0.717) is 5.41 Å². The molecule has 0 aromatic rings. The standard InChI is InChI=1S/C11H23N/c1-4-6-7-11(8-9-11)10(3)12-5-2/h10,12H,4-9H2,1-3H3. The van der Waals surface area contributed by atoms with Gasteiger partial charge >= 0.3 is 0 Å². The predicted octanol–water partition coefficient (Wildman–Crippen LogP) is 2.95. The summed E-state index contributed by atoms with van der Waals surface area (Å²) in [4.78, 5) is 0. The van der Waals surface area contributed by atoms with Crippen molar-refractivity contribution in [2.45, 2.75) is 58.9 Å². The van der Waals surface area contributed by atoms with Crippen molar-refractivity contribution in [3.63, 3.8) is 0 Å². The van der Waals surface area contributed by atoms with Crippen LogP contribution in [-0.2, 0) is 0 Å². The summed E-state index contributed by atoms with van der Waals surface area (Å²) in [5, 5.41) is 3.56. The molecule has 1 heteroatoms. The minimum absolute atomic E-state index is 0.700. The molecule has 1 aliphatic carbocycles. The summed E-state index contributed by atoms with van der Waals surface area (Å²) in [6.45, 7) is 7.96. The molecular weight excluding hydrogens is 146 g/mol. The number of rotatable bonds is 6. The summed E-state index contributed by atoms with van der Waals surface area (Å²) in [6.07, 6.45) is 7.12. The van der Waals surface area contributed by atoms with Crippen LogP contribution in [0.15, 0.2) is 0 Å². The Morgan fingerprint density at radius 2 is 2.00 bits per heavy atom. The van der Waals surface area contributed by atoms with E-state index in [1.54, 1.807) is 0 Å². The number of hydrogen-bond acceptors (Lipinski definition) is 1. The van der Waals surface area contributed by atoms with Gasteiger partial charge < -0.3 is 5.32 Å². The molecule has 0 heterocycles. The number of hydrogen-bond donors (Lipinski definition) is 1. The molecule has 1 N–H and O–H groups in total. The van der Waals surface area contributed by atoms with Gasteiger partial charge in [-0.1, -0.05) is 26.7 Å². The zero-order valence-electron chi connectivity index (χ0n) is 8.82. The highest BCUT2D eigenvalue weighted by atomic mass is 14.9. The van der Waals surface area contributed by atoms with Crippen molar-refractivity contribution in [1.82, 2.24) is 5.32 Å². The summed E-state index contributed by atoms with van der Waals surface area (Å²) in [6, 6.07) is 0.744. The highest BCUT2D eigenvalue weighted by Gasteiger charge is 2.45. The first kappa shape index (κ1) is 10.0. The first-order valence-corrected chi connectivity index (χ1v) is 5.48. The van der Waals surface area contributed by atoms with Crippen LogP contribution in [0.3, 0.4) is 0 Å².